The normalized spacial score (nSPS) is 16.9. The van der Waals surface area contributed by atoms with Crippen molar-refractivity contribution in [1.82, 2.24) is 9.80 Å². The van der Waals surface area contributed by atoms with Crippen molar-refractivity contribution >= 4 is 5.97 Å². The molecular formula is C22H28N2O3. The molecule has 1 heterocycles. The van der Waals surface area contributed by atoms with Crippen molar-refractivity contribution in [3.8, 4) is 5.75 Å². The molecular weight excluding hydrogens is 340 g/mol. The summed E-state index contributed by atoms with van der Waals surface area (Å²) in [6, 6.07) is 13.5. The predicted octanol–water partition coefficient (Wildman–Crippen LogP) is 3.26. The molecule has 0 aromatic heterocycles. The number of hydrogen-bond acceptors (Lipinski definition) is 4. The highest BCUT2D eigenvalue weighted by atomic mass is 16.5. The number of carboxylic acids is 1. The second-order valence-electron chi connectivity index (χ2n) is 7.22. The van der Waals surface area contributed by atoms with Gasteiger partial charge in [-0.25, -0.2) is 0 Å². The van der Waals surface area contributed by atoms with E-state index in [4.69, 9.17) is 4.74 Å². The second-order valence-corrected chi connectivity index (χ2v) is 7.22. The van der Waals surface area contributed by atoms with Gasteiger partial charge in [0.25, 0.3) is 0 Å². The zero-order chi connectivity index (χ0) is 19.4. The Hall–Kier alpha value is -2.37. The summed E-state index contributed by atoms with van der Waals surface area (Å²) in [7, 11) is 1.69. The summed E-state index contributed by atoms with van der Waals surface area (Å²) in [5.74, 6) is 0.124. The summed E-state index contributed by atoms with van der Waals surface area (Å²) in [5, 5.41) is 9.87. The molecule has 1 fully saturated rings. The number of rotatable bonds is 6. The van der Waals surface area contributed by atoms with E-state index in [1.54, 1.807) is 7.11 Å². The summed E-state index contributed by atoms with van der Waals surface area (Å²) in [4.78, 5) is 16.5. The molecule has 0 amide bonds. The molecule has 1 aliphatic rings. The van der Waals surface area contributed by atoms with Gasteiger partial charge in [0, 0.05) is 38.3 Å². The number of carbonyl (C=O) groups is 1. The number of carboxylic acid groups (broad SMARTS) is 1. The van der Waals surface area contributed by atoms with Crippen molar-refractivity contribution in [2.75, 3.05) is 33.3 Å². The molecule has 1 N–H and O–H groups in total. The maximum absolute atomic E-state index is 12.0. The van der Waals surface area contributed by atoms with E-state index >= 15 is 0 Å². The molecule has 1 atom stereocenters. The van der Waals surface area contributed by atoms with Crippen LogP contribution in [0.15, 0.2) is 42.5 Å². The molecule has 144 valence electrons. The van der Waals surface area contributed by atoms with Crippen molar-refractivity contribution in [1.29, 1.82) is 0 Å². The van der Waals surface area contributed by atoms with Crippen LogP contribution in [0.5, 0.6) is 5.75 Å². The molecule has 2 aromatic carbocycles. The lowest BCUT2D eigenvalue weighted by atomic mass is 9.97. The van der Waals surface area contributed by atoms with Crippen LogP contribution in [-0.4, -0.2) is 54.2 Å². The molecule has 5 heteroatoms. The Labute approximate surface area is 161 Å². The summed E-state index contributed by atoms with van der Waals surface area (Å²) in [5.41, 5.74) is 4.25. The highest BCUT2D eigenvalue weighted by Crippen LogP contribution is 2.27. The standard InChI is InChI=1S/C22H28N2O3/c1-16-8-9-19(17(2)14-16)21(22(25)26)24-12-10-23(11-13-24)15-18-6-4-5-7-20(18)27-3/h4-9,14,21H,10-13,15H2,1-3H3,(H,25,26)/t21-/m1/s1. The number of para-hydroxylation sites is 1. The molecule has 0 bridgehead atoms. The highest BCUT2D eigenvalue weighted by molar-refractivity contribution is 5.76. The molecule has 27 heavy (non-hydrogen) atoms. The molecule has 1 aliphatic heterocycles. The Morgan fingerprint density at radius 1 is 1.11 bits per heavy atom. The van der Waals surface area contributed by atoms with Gasteiger partial charge < -0.3 is 9.84 Å². The smallest absolute Gasteiger partial charge is 0.325 e. The third-order valence-corrected chi connectivity index (χ3v) is 5.31. The maximum Gasteiger partial charge on any atom is 0.325 e. The van der Waals surface area contributed by atoms with Gasteiger partial charge in [-0.05, 0) is 31.0 Å². The van der Waals surface area contributed by atoms with E-state index in [2.05, 4.69) is 21.9 Å². The van der Waals surface area contributed by atoms with E-state index in [0.29, 0.717) is 0 Å². The first-order valence-corrected chi connectivity index (χ1v) is 9.38. The van der Waals surface area contributed by atoms with Crippen LogP contribution in [-0.2, 0) is 11.3 Å². The van der Waals surface area contributed by atoms with Gasteiger partial charge in [0.15, 0.2) is 0 Å². The van der Waals surface area contributed by atoms with Gasteiger partial charge >= 0.3 is 5.97 Å². The first-order valence-electron chi connectivity index (χ1n) is 9.38. The summed E-state index contributed by atoms with van der Waals surface area (Å²) in [6.45, 7) is 8.00. The topological polar surface area (TPSA) is 53.0 Å². The van der Waals surface area contributed by atoms with E-state index in [-0.39, 0.29) is 0 Å². The lowest BCUT2D eigenvalue weighted by Gasteiger charge is -2.38. The minimum Gasteiger partial charge on any atom is -0.496 e. The number of aliphatic carboxylic acids is 1. The van der Waals surface area contributed by atoms with Gasteiger partial charge in [-0.3, -0.25) is 14.6 Å². The lowest BCUT2D eigenvalue weighted by molar-refractivity contribution is -0.144. The van der Waals surface area contributed by atoms with Crippen LogP contribution in [0.3, 0.4) is 0 Å². The third-order valence-electron chi connectivity index (χ3n) is 5.31. The van der Waals surface area contributed by atoms with E-state index in [9.17, 15) is 9.90 Å². The Morgan fingerprint density at radius 3 is 2.44 bits per heavy atom. The van der Waals surface area contributed by atoms with E-state index in [0.717, 1.165) is 60.7 Å². The molecule has 0 unspecified atom stereocenters. The van der Waals surface area contributed by atoms with Crippen LogP contribution >= 0.6 is 0 Å². The Bertz CT molecular complexity index is 798. The fourth-order valence-corrected chi connectivity index (χ4v) is 3.87. The molecule has 1 saturated heterocycles. The number of aryl methyl sites for hydroxylation is 2. The van der Waals surface area contributed by atoms with E-state index < -0.39 is 12.0 Å². The zero-order valence-electron chi connectivity index (χ0n) is 16.3. The van der Waals surface area contributed by atoms with Gasteiger partial charge in [-0.1, -0.05) is 42.0 Å². The number of methoxy groups -OCH3 is 1. The number of ether oxygens (including phenoxy) is 1. The van der Waals surface area contributed by atoms with Crippen LogP contribution < -0.4 is 4.74 Å². The molecule has 0 radical (unpaired) electrons. The largest absolute Gasteiger partial charge is 0.496 e. The van der Waals surface area contributed by atoms with Gasteiger partial charge in [0.1, 0.15) is 11.8 Å². The quantitative estimate of drug-likeness (QED) is 0.848. The maximum atomic E-state index is 12.0. The summed E-state index contributed by atoms with van der Waals surface area (Å²) >= 11 is 0. The Morgan fingerprint density at radius 2 is 1.81 bits per heavy atom. The Kier molecular flexibility index (Phi) is 6.14. The van der Waals surface area contributed by atoms with Crippen LogP contribution in [0.2, 0.25) is 0 Å². The monoisotopic (exact) mass is 368 g/mol. The molecule has 0 spiro atoms. The first-order chi connectivity index (χ1) is 13.0. The molecule has 2 aromatic rings. The van der Waals surface area contributed by atoms with Crippen molar-refractivity contribution in [2.24, 2.45) is 0 Å². The van der Waals surface area contributed by atoms with E-state index in [1.165, 1.54) is 0 Å². The SMILES string of the molecule is COc1ccccc1CN1CCN([C@@H](C(=O)O)c2ccc(C)cc2C)CC1. The number of piperazine rings is 1. The second kappa shape index (κ2) is 8.55. The third kappa shape index (κ3) is 4.49. The van der Waals surface area contributed by atoms with Gasteiger partial charge in [0.2, 0.25) is 0 Å². The molecule has 3 rings (SSSR count). The van der Waals surface area contributed by atoms with Gasteiger partial charge in [-0.2, -0.15) is 0 Å². The summed E-state index contributed by atoms with van der Waals surface area (Å²) in [6.07, 6.45) is 0. The van der Waals surface area contributed by atoms with Crippen LogP contribution in [0.4, 0.5) is 0 Å². The molecule has 5 nitrogen and oxygen atoms in total. The van der Waals surface area contributed by atoms with E-state index in [1.807, 2.05) is 44.2 Å². The van der Waals surface area contributed by atoms with Crippen molar-refractivity contribution in [3.05, 3.63) is 64.7 Å². The lowest BCUT2D eigenvalue weighted by Crippen LogP contribution is -2.49. The van der Waals surface area contributed by atoms with Gasteiger partial charge in [0.05, 0.1) is 7.11 Å². The van der Waals surface area contributed by atoms with Gasteiger partial charge in [-0.15, -0.1) is 0 Å². The van der Waals surface area contributed by atoms with Crippen LogP contribution in [0.25, 0.3) is 0 Å². The van der Waals surface area contributed by atoms with Crippen molar-refractivity contribution in [2.45, 2.75) is 26.4 Å². The molecule has 0 aliphatic carbocycles. The highest BCUT2D eigenvalue weighted by Gasteiger charge is 2.31. The fourth-order valence-electron chi connectivity index (χ4n) is 3.87. The molecule has 0 saturated carbocycles. The van der Waals surface area contributed by atoms with Crippen molar-refractivity contribution < 1.29 is 14.6 Å². The summed E-state index contributed by atoms with van der Waals surface area (Å²) < 4.78 is 5.44. The van der Waals surface area contributed by atoms with Crippen LogP contribution in [0.1, 0.15) is 28.3 Å². The first kappa shape index (κ1) is 19.4. The average molecular weight is 368 g/mol. The number of benzene rings is 2. The zero-order valence-corrected chi connectivity index (χ0v) is 16.3. The minimum atomic E-state index is -0.778. The average Bonchev–Trinajstić information content (AvgIpc) is 2.65. The minimum absolute atomic E-state index is 0.584. The van der Waals surface area contributed by atoms with Crippen molar-refractivity contribution in [3.63, 3.8) is 0 Å². The predicted molar refractivity (Wildman–Crippen MR) is 106 cm³/mol. The fraction of sp³-hybridized carbons (Fsp3) is 0.409. The Balaban J connectivity index is 1.68. The number of hydrogen-bond donors (Lipinski definition) is 1. The number of nitrogens with zero attached hydrogens (tertiary/aromatic N) is 2. The van der Waals surface area contributed by atoms with Crippen LogP contribution in [0, 0.1) is 13.8 Å².